The van der Waals surface area contributed by atoms with E-state index in [0.717, 1.165) is 31.8 Å². The van der Waals surface area contributed by atoms with E-state index in [9.17, 15) is 4.79 Å². The number of ether oxygens (including phenoxy) is 1. The molecule has 0 aliphatic heterocycles. The van der Waals surface area contributed by atoms with Crippen molar-refractivity contribution in [1.29, 1.82) is 10.5 Å². The molecule has 0 aromatic rings. The van der Waals surface area contributed by atoms with Gasteiger partial charge in [0.15, 0.2) is 0 Å². The van der Waals surface area contributed by atoms with Gasteiger partial charge in [-0.2, -0.15) is 10.5 Å². The first-order valence-electron chi connectivity index (χ1n) is 4.93. The number of carbonyl (C=O) groups excluding carboxylic acids is 1. The third-order valence-corrected chi connectivity index (χ3v) is 1.78. The number of nitrogens with zero attached hydrogens (tertiary/aromatic N) is 2. The summed E-state index contributed by atoms with van der Waals surface area (Å²) in [6.07, 6.45) is 4.93. The van der Waals surface area contributed by atoms with E-state index in [1.54, 1.807) is 12.1 Å². The zero-order valence-electron chi connectivity index (χ0n) is 8.82. The fourth-order valence-electron chi connectivity index (χ4n) is 0.973. The van der Waals surface area contributed by atoms with Crippen molar-refractivity contribution in [3.63, 3.8) is 0 Å². The SMILES string of the molecule is CCCCCCOC(=O)/C(C#N)=C\C#N. The van der Waals surface area contributed by atoms with E-state index in [1.807, 2.05) is 0 Å². The van der Waals surface area contributed by atoms with Crippen LogP contribution in [0.3, 0.4) is 0 Å². The highest BCUT2D eigenvalue weighted by Gasteiger charge is 2.09. The highest BCUT2D eigenvalue weighted by atomic mass is 16.5. The minimum absolute atomic E-state index is 0.243. The van der Waals surface area contributed by atoms with Gasteiger partial charge in [-0.15, -0.1) is 0 Å². The first kappa shape index (κ1) is 13.2. The Balaban J connectivity index is 3.80. The summed E-state index contributed by atoms with van der Waals surface area (Å²) in [5.41, 5.74) is -0.243. The van der Waals surface area contributed by atoms with E-state index in [0.29, 0.717) is 6.61 Å². The van der Waals surface area contributed by atoms with Gasteiger partial charge >= 0.3 is 5.97 Å². The van der Waals surface area contributed by atoms with Gasteiger partial charge in [-0.05, 0) is 6.42 Å². The van der Waals surface area contributed by atoms with E-state index in [2.05, 4.69) is 6.92 Å². The van der Waals surface area contributed by atoms with Gasteiger partial charge in [0.1, 0.15) is 11.6 Å². The van der Waals surface area contributed by atoms with Crippen LogP contribution in [-0.4, -0.2) is 12.6 Å². The summed E-state index contributed by atoms with van der Waals surface area (Å²) in [5, 5.41) is 16.8. The van der Waals surface area contributed by atoms with Crippen LogP contribution in [0.5, 0.6) is 0 Å². The maximum atomic E-state index is 11.1. The molecule has 0 amide bonds. The molecule has 0 aliphatic rings. The summed E-state index contributed by atoms with van der Waals surface area (Å²) in [6.45, 7) is 2.40. The zero-order valence-corrected chi connectivity index (χ0v) is 8.82. The number of carbonyl (C=O) groups is 1. The lowest BCUT2D eigenvalue weighted by Gasteiger charge is -2.02. The predicted octanol–water partition coefficient (Wildman–Crippen LogP) is 2.08. The highest BCUT2D eigenvalue weighted by molar-refractivity contribution is 5.93. The Bertz CT molecular complexity index is 308. The van der Waals surface area contributed by atoms with Crippen LogP contribution < -0.4 is 0 Å². The minimum atomic E-state index is -0.712. The standard InChI is InChI=1S/C11H14N2O2/c1-2-3-4-5-8-15-11(14)10(9-13)6-7-12/h6H,2-5,8H2,1H3/b10-6-. The molecule has 0 fully saturated rings. The van der Waals surface area contributed by atoms with Gasteiger partial charge in [0.05, 0.1) is 12.7 Å². The van der Waals surface area contributed by atoms with Crippen molar-refractivity contribution in [2.24, 2.45) is 0 Å². The summed E-state index contributed by atoms with van der Waals surface area (Å²) < 4.78 is 4.81. The minimum Gasteiger partial charge on any atom is -0.462 e. The summed E-state index contributed by atoms with van der Waals surface area (Å²) in [5.74, 6) is -0.712. The quantitative estimate of drug-likeness (QED) is 0.288. The Labute approximate surface area is 89.8 Å². The van der Waals surface area contributed by atoms with Gasteiger partial charge in [-0.25, -0.2) is 4.79 Å². The molecule has 0 unspecified atom stereocenters. The Morgan fingerprint density at radius 1 is 1.33 bits per heavy atom. The summed E-state index contributed by atoms with van der Waals surface area (Å²) in [6, 6.07) is 3.24. The topological polar surface area (TPSA) is 73.9 Å². The van der Waals surface area contributed by atoms with Crippen LogP contribution in [0.1, 0.15) is 32.6 Å². The second-order valence-corrected chi connectivity index (χ2v) is 3.00. The molecule has 0 saturated heterocycles. The Kier molecular flexibility index (Phi) is 7.71. The summed E-state index contributed by atoms with van der Waals surface area (Å²) in [4.78, 5) is 11.1. The Hall–Kier alpha value is -1.81. The maximum Gasteiger partial charge on any atom is 0.349 e. The van der Waals surface area contributed by atoms with Gasteiger partial charge in [-0.1, -0.05) is 26.2 Å². The fourth-order valence-corrected chi connectivity index (χ4v) is 0.973. The molecule has 0 heterocycles. The lowest BCUT2D eigenvalue weighted by molar-refractivity contribution is -0.138. The van der Waals surface area contributed by atoms with Gasteiger partial charge in [0.2, 0.25) is 0 Å². The van der Waals surface area contributed by atoms with Crippen LogP contribution in [0.15, 0.2) is 11.6 Å². The molecule has 4 nitrogen and oxygen atoms in total. The van der Waals surface area contributed by atoms with Gasteiger partial charge < -0.3 is 4.74 Å². The number of allylic oxidation sites excluding steroid dienone is 1. The summed E-state index contributed by atoms with van der Waals surface area (Å²) >= 11 is 0. The largest absolute Gasteiger partial charge is 0.462 e. The monoisotopic (exact) mass is 206 g/mol. The second-order valence-electron chi connectivity index (χ2n) is 3.00. The molecule has 4 heteroatoms. The van der Waals surface area contributed by atoms with Crippen LogP contribution >= 0.6 is 0 Å². The van der Waals surface area contributed by atoms with Crippen molar-refractivity contribution in [3.8, 4) is 12.1 Å². The van der Waals surface area contributed by atoms with Crippen molar-refractivity contribution in [2.75, 3.05) is 6.61 Å². The van der Waals surface area contributed by atoms with Crippen molar-refractivity contribution < 1.29 is 9.53 Å². The molecule has 0 spiro atoms. The number of hydrogen-bond acceptors (Lipinski definition) is 4. The smallest absolute Gasteiger partial charge is 0.349 e. The van der Waals surface area contributed by atoms with E-state index in [4.69, 9.17) is 15.3 Å². The van der Waals surface area contributed by atoms with Crippen LogP contribution in [0.25, 0.3) is 0 Å². The van der Waals surface area contributed by atoms with E-state index in [-0.39, 0.29) is 5.57 Å². The molecule has 0 rings (SSSR count). The first-order valence-corrected chi connectivity index (χ1v) is 4.93. The average Bonchev–Trinajstić information content (AvgIpc) is 2.25. The fraction of sp³-hybridized carbons (Fsp3) is 0.545. The van der Waals surface area contributed by atoms with Crippen molar-refractivity contribution >= 4 is 5.97 Å². The molecule has 0 aromatic heterocycles. The third-order valence-electron chi connectivity index (χ3n) is 1.78. The number of rotatable bonds is 6. The molecule has 0 radical (unpaired) electrons. The molecular formula is C11H14N2O2. The molecule has 80 valence electrons. The number of esters is 1. The molecule has 0 atom stereocenters. The summed E-state index contributed by atoms with van der Waals surface area (Å²) in [7, 11) is 0. The van der Waals surface area contributed by atoms with E-state index in [1.165, 1.54) is 0 Å². The van der Waals surface area contributed by atoms with Gasteiger partial charge in [-0.3, -0.25) is 0 Å². The Morgan fingerprint density at radius 3 is 2.60 bits per heavy atom. The third kappa shape index (κ3) is 6.29. The lowest BCUT2D eigenvalue weighted by Crippen LogP contribution is -2.07. The van der Waals surface area contributed by atoms with Gasteiger partial charge in [0, 0.05) is 6.08 Å². The normalized spacial score (nSPS) is 10.2. The molecule has 0 aliphatic carbocycles. The number of hydrogen-bond donors (Lipinski definition) is 0. The van der Waals surface area contributed by atoms with Crippen LogP contribution in [0.4, 0.5) is 0 Å². The van der Waals surface area contributed by atoms with Crippen molar-refractivity contribution in [1.82, 2.24) is 0 Å². The average molecular weight is 206 g/mol. The molecule has 0 saturated carbocycles. The maximum absolute atomic E-state index is 11.1. The van der Waals surface area contributed by atoms with Crippen LogP contribution in [-0.2, 0) is 9.53 Å². The van der Waals surface area contributed by atoms with E-state index < -0.39 is 5.97 Å². The highest BCUT2D eigenvalue weighted by Crippen LogP contribution is 2.01. The number of unbranched alkanes of at least 4 members (excludes halogenated alkanes) is 3. The van der Waals surface area contributed by atoms with Crippen molar-refractivity contribution in [2.45, 2.75) is 32.6 Å². The predicted molar refractivity (Wildman–Crippen MR) is 54.4 cm³/mol. The second kappa shape index (κ2) is 8.77. The molecular weight excluding hydrogens is 192 g/mol. The van der Waals surface area contributed by atoms with E-state index >= 15 is 0 Å². The Morgan fingerprint density at radius 2 is 2.07 bits per heavy atom. The van der Waals surface area contributed by atoms with Crippen LogP contribution in [0.2, 0.25) is 0 Å². The molecule has 0 bridgehead atoms. The lowest BCUT2D eigenvalue weighted by atomic mass is 10.2. The van der Waals surface area contributed by atoms with Gasteiger partial charge in [0.25, 0.3) is 0 Å². The van der Waals surface area contributed by atoms with Crippen molar-refractivity contribution in [3.05, 3.63) is 11.6 Å². The molecule has 15 heavy (non-hydrogen) atoms. The number of nitriles is 2. The molecule has 0 N–H and O–H groups in total. The zero-order chi connectivity index (χ0) is 11.5. The first-order chi connectivity index (χ1) is 7.26. The van der Waals surface area contributed by atoms with Crippen LogP contribution in [0, 0.1) is 22.7 Å². The molecule has 0 aromatic carbocycles.